The molecule has 0 saturated heterocycles. The summed E-state index contributed by atoms with van der Waals surface area (Å²) in [5, 5.41) is 4.95. The topological polar surface area (TPSA) is 61.9 Å². The summed E-state index contributed by atoms with van der Waals surface area (Å²) in [5.74, 6) is -1.44. The minimum absolute atomic E-state index is 0.0146. The first-order valence-electron chi connectivity index (χ1n) is 11.3. The Bertz CT molecular complexity index is 1690. The SMILES string of the molecule is COC(=O)c1ccc(-c2nn(Cc3c(Cl)cccc3C(F)(F)F)c3cc(-c4cn(C)cn4)ccc23)c(F)c1. The van der Waals surface area contributed by atoms with Gasteiger partial charge in [-0.2, -0.15) is 18.3 Å². The van der Waals surface area contributed by atoms with Crippen molar-refractivity contribution < 1.29 is 27.1 Å². The lowest BCUT2D eigenvalue weighted by Gasteiger charge is -2.15. The molecule has 0 saturated carbocycles. The molecule has 0 N–H and O–H groups in total. The quantitative estimate of drug-likeness (QED) is 0.182. The van der Waals surface area contributed by atoms with E-state index < -0.39 is 23.5 Å². The zero-order chi connectivity index (χ0) is 27.2. The third kappa shape index (κ3) is 4.63. The predicted molar refractivity (Wildman–Crippen MR) is 134 cm³/mol. The van der Waals surface area contributed by atoms with Gasteiger partial charge in [-0.05, 0) is 42.5 Å². The van der Waals surface area contributed by atoms with Crippen molar-refractivity contribution in [2.75, 3.05) is 7.11 Å². The van der Waals surface area contributed by atoms with E-state index in [2.05, 4.69) is 14.8 Å². The summed E-state index contributed by atoms with van der Waals surface area (Å²) in [5.41, 5.74) is 1.03. The number of hydrogen-bond donors (Lipinski definition) is 0. The number of aryl methyl sites for hydroxylation is 1. The van der Waals surface area contributed by atoms with Gasteiger partial charge < -0.3 is 9.30 Å². The first-order valence-corrected chi connectivity index (χ1v) is 11.7. The molecule has 0 atom stereocenters. The summed E-state index contributed by atoms with van der Waals surface area (Å²) in [6.45, 7) is -0.321. The molecule has 38 heavy (non-hydrogen) atoms. The van der Waals surface area contributed by atoms with Crippen LogP contribution in [0.5, 0.6) is 0 Å². The Morgan fingerprint density at radius 1 is 1.11 bits per heavy atom. The molecule has 0 amide bonds. The average Bonchev–Trinajstić information content (AvgIpc) is 3.47. The molecular weight excluding hydrogens is 524 g/mol. The maximum Gasteiger partial charge on any atom is 0.416 e. The van der Waals surface area contributed by atoms with Gasteiger partial charge in [-0.3, -0.25) is 4.68 Å². The van der Waals surface area contributed by atoms with Gasteiger partial charge in [0.25, 0.3) is 0 Å². The Labute approximate surface area is 219 Å². The van der Waals surface area contributed by atoms with Gasteiger partial charge in [0.2, 0.25) is 0 Å². The largest absolute Gasteiger partial charge is 0.465 e. The normalized spacial score (nSPS) is 11.8. The number of carbonyl (C=O) groups excluding carboxylic acids is 1. The minimum atomic E-state index is -4.64. The van der Waals surface area contributed by atoms with Gasteiger partial charge in [-0.25, -0.2) is 14.2 Å². The summed E-state index contributed by atoms with van der Waals surface area (Å²) in [6, 6.07) is 12.6. The van der Waals surface area contributed by atoms with Crippen LogP contribution >= 0.6 is 11.6 Å². The van der Waals surface area contributed by atoms with Crippen LogP contribution < -0.4 is 0 Å². The number of imidazole rings is 1. The number of halogens is 5. The van der Waals surface area contributed by atoms with Crippen LogP contribution in [0.3, 0.4) is 0 Å². The molecule has 3 aromatic carbocycles. The van der Waals surface area contributed by atoms with Crippen molar-refractivity contribution in [2.24, 2.45) is 7.05 Å². The highest BCUT2D eigenvalue weighted by Gasteiger charge is 2.34. The van der Waals surface area contributed by atoms with Gasteiger partial charge in [-0.1, -0.05) is 23.7 Å². The van der Waals surface area contributed by atoms with Crippen molar-refractivity contribution in [2.45, 2.75) is 12.7 Å². The van der Waals surface area contributed by atoms with E-state index in [4.69, 9.17) is 11.6 Å². The molecule has 0 aliphatic carbocycles. The predicted octanol–water partition coefficient (Wildman–Crippen LogP) is 6.75. The first kappa shape index (κ1) is 25.5. The van der Waals surface area contributed by atoms with Gasteiger partial charge in [0.05, 0.1) is 42.3 Å². The Balaban J connectivity index is 1.71. The van der Waals surface area contributed by atoms with Gasteiger partial charge >= 0.3 is 12.1 Å². The fourth-order valence-electron chi connectivity index (χ4n) is 4.30. The molecule has 194 valence electrons. The van der Waals surface area contributed by atoms with E-state index in [9.17, 15) is 18.0 Å². The molecule has 2 aromatic heterocycles. The lowest BCUT2D eigenvalue weighted by molar-refractivity contribution is -0.138. The minimum Gasteiger partial charge on any atom is -0.465 e. The molecule has 0 spiro atoms. The van der Waals surface area contributed by atoms with E-state index >= 15 is 4.39 Å². The highest BCUT2D eigenvalue weighted by molar-refractivity contribution is 6.31. The summed E-state index contributed by atoms with van der Waals surface area (Å²) in [4.78, 5) is 16.2. The van der Waals surface area contributed by atoms with Crippen molar-refractivity contribution in [3.05, 3.63) is 94.7 Å². The highest BCUT2D eigenvalue weighted by atomic mass is 35.5. The summed E-state index contributed by atoms with van der Waals surface area (Å²) in [7, 11) is 3.00. The van der Waals surface area contributed by atoms with Crippen LogP contribution in [0.2, 0.25) is 5.02 Å². The molecular formula is C27H19ClF4N4O2. The first-order chi connectivity index (χ1) is 18.1. The van der Waals surface area contributed by atoms with Crippen LogP contribution in [0.15, 0.2) is 67.1 Å². The fraction of sp³-hybridized carbons (Fsp3) is 0.148. The molecule has 0 fully saturated rings. The van der Waals surface area contributed by atoms with E-state index in [1.165, 1.54) is 36.1 Å². The second kappa shape index (κ2) is 9.60. The molecule has 2 heterocycles. The molecule has 0 bridgehead atoms. The third-order valence-electron chi connectivity index (χ3n) is 6.13. The molecule has 5 rings (SSSR count). The van der Waals surface area contributed by atoms with Crippen molar-refractivity contribution in [1.82, 2.24) is 19.3 Å². The van der Waals surface area contributed by atoms with Gasteiger partial charge in [0.15, 0.2) is 0 Å². The fourth-order valence-corrected chi connectivity index (χ4v) is 4.54. The molecule has 11 heteroatoms. The Morgan fingerprint density at radius 3 is 2.55 bits per heavy atom. The van der Waals surface area contributed by atoms with Crippen LogP contribution in [0.25, 0.3) is 33.4 Å². The maximum atomic E-state index is 15.2. The smallest absolute Gasteiger partial charge is 0.416 e. The molecule has 0 aliphatic heterocycles. The Kier molecular flexibility index (Phi) is 6.44. The van der Waals surface area contributed by atoms with Crippen molar-refractivity contribution >= 4 is 28.5 Å². The van der Waals surface area contributed by atoms with Crippen LogP contribution in [-0.2, 0) is 24.5 Å². The number of rotatable bonds is 5. The number of esters is 1. The van der Waals surface area contributed by atoms with Crippen LogP contribution in [0, 0.1) is 5.82 Å². The molecule has 0 radical (unpaired) electrons. The third-order valence-corrected chi connectivity index (χ3v) is 6.48. The number of nitrogens with zero attached hydrogens (tertiary/aromatic N) is 4. The Morgan fingerprint density at radius 2 is 1.89 bits per heavy atom. The number of benzene rings is 3. The molecule has 5 aromatic rings. The van der Waals surface area contributed by atoms with Gasteiger partial charge in [0.1, 0.15) is 11.5 Å². The van der Waals surface area contributed by atoms with Crippen LogP contribution in [0.4, 0.5) is 17.6 Å². The second-order valence-electron chi connectivity index (χ2n) is 8.61. The lowest BCUT2D eigenvalue weighted by atomic mass is 10.0. The number of aromatic nitrogens is 4. The highest BCUT2D eigenvalue weighted by Crippen LogP contribution is 2.37. The number of hydrogen-bond acceptors (Lipinski definition) is 4. The van der Waals surface area contributed by atoms with Gasteiger partial charge in [-0.15, -0.1) is 0 Å². The number of fused-ring (bicyclic) bond motifs is 1. The number of ether oxygens (including phenoxy) is 1. The van der Waals surface area contributed by atoms with E-state index in [1.54, 1.807) is 35.3 Å². The maximum absolute atomic E-state index is 15.2. The molecule has 0 unspecified atom stereocenters. The number of methoxy groups -OCH3 is 1. The zero-order valence-electron chi connectivity index (χ0n) is 20.1. The number of carbonyl (C=O) groups is 1. The van der Waals surface area contributed by atoms with E-state index in [0.717, 1.165) is 12.1 Å². The monoisotopic (exact) mass is 542 g/mol. The van der Waals surface area contributed by atoms with E-state index in [0.29, 0.717) is 22.2 Å². The standard InChI is InChI=1S/C27H19ClF4N4O2/c1-35-13-23(33-14-35)15-6-9-18-24(11-15)36(12-19-20(27(30,31)32)4-3-5-21(19)28)34-25(18)17-8-7-16(10-22(17)29)26(37)38-2/h3-11,13-14H,12H2,1-2H3. The zero-order valence-corrected chi connectivity index (χ0v) is 20.8. The van der Waals surface area contributed by atoms with Gasteiger partial charge in [0, 0.05) is 40.3 Å². The Hall–Kier alpha value is -4.18. The van der Waals surface area contributed by atoms with Crippen molar-refractivity contribution in [1.29, 1.82) is 0 Å². The second-order valence-corrected chi connectivity index (χ2v) is 9.02. The summed E-state index contributed by atoms with van der Waals surface area (Å²) in [6.07, 6.45) is -1.22. The van der Waals surface area contributed by atoms with Crippen molar-refractivity contribution in [3.8, 4) is 22.5 Å². The average molecular weight is 543 g/mol. The lowest BCUT2D eigenvalue weighted by Crippen LogP contribution is -2.13. The number of alkyl halides is 3. The summed E-state index contributed by atoms with van der Waals surface area (Å²) >= 11 is 6.22. The van der Waals surface area contributed by atoms with Crippen LogP contribution in [0.1, 0.15) is 21.5 Å². The van der Waals surface area contributed by atoms with E-state index in [1.807, 2.05) is 7.05 Å². The van der Waals surface area contributed by atoms with Crippen molar-refractivity contribution in [3.63, 3.8) is 0 Å². The molecule has 0 aliphatic rings. The van der Waals surface area contributed by atoms with Crippen LogP contribution in [-0.4, -0.2) is 32.4 Å². The molecule has 6 nitrogen and oxygen atoms in total. The summed E-state index contributed by atoms with van der Waals surface area (Å²) < 4.78 is 64.4. The van der Waals surface area contributed by atoms with E-state index in [-0.39, 0.29) is 34.0 Å².